The minimum absolute atomic E-state index is 0.225. The molecule has 25 heavy (non-hydrogen) atoms. The van der Waals surface area contributed by atoms with Gasteiger partial charge in [0.2, 0.25) is 17.6 Å². The Morgan fingerprint density at radius 3 is 2.76 bits per heavy atom. The van der Waals surface area contributed by atoms with E-state index in [1.807, 2.05) is 30.3 Å². The van der Waals surface area contributed by atoms with Gasteiger partial charge in [-0.15, -0.1) is 0 Å². The molecule has 1 saturated heterocycles. The third kappa shape index (κ3) is 3.75. The molecule has 2 fully saturated rings. The second-order valence-corrected chi connectivity index (χ2v) is 7.31. The normalized spacial score (nSPS) is 23.3. The standard InChI is InChI=1S/C20H25N3O2/c24-19(23-13-12-15-6-4-5-9-17(15)14-23)11-10-18-21-20(22-25-18)16-7-2-1-3-8-16/h1-3,7-8,15,17H,4-6,9-14H2/t15-,17-/m0/s1. The highest BCUT2D eigenvalue weighted by Gasteiger charge is 2.32. The third-order valence-electron chi connectivity index (χ3n) is 5.70. The number of aromatic nitrogens is 2. The first-order chi connectivity index (χ1) is 12.3. The molecule has 132 valence electrons. The number of aryl methyl sites for hydroxylation is 1. The molecule has 0 spiro atoms. The van der Waals surface area contributed by atoms with Crippen molar-refractivity contribution >= 4 is 5.91 Å². The van der Waals surface area contributed by atoms with Gasteiger partial charge in [-0.05, 0) is 24.7 Å². The Morgan fingerprint density at radius 1 is 1.12 bits per heavy atom. The van der Waals surface area contributed by atoms with E-state index in [-0.39, 0.29) is 5.91 Å². The summed E-state index contributed by atoms with van der Waals surface area (Å²) in [6.07, 6.45) is 7.49. The molecule has 1 amide bonds. The zero-order valence-electron chi connectivity index (χ0n) is 14.6. The van der Waals surface area contributed by atoms with Gasteiger partial charge in [-0.2, -0.15) is 4.98 Å². The molecular formula is C20H25N3O2. The molecule has 2 heterocycles. The van der Waals surface area contributed by atoms with Crippen molar-refractivity contribution in [3.63, 3.8) is 0 Å². The van der Waals surface area contributed by atoms with Gasteiger partial charge >= 0.3 is 0 Å². The van der Waals surface area contributed by atoms with Gasteiger partial charge in [-0.3, -0.25) is 4.79 Å². The Morgan fingerprint density at radius 2 is 1.92 bits per heavy atom. The predicted octanol–water partition coefficient (Wildman–Crippen LogP) is 3.71. The molecule has 0 unspecified atom stereocenters. The maximum Gasteiger partial charge on any atom is 0.227 e. The maximum absolute atomic E-state index is 12.6. The largest absolute Gasteiger partial charge is 0.342 e. The molecule has 1 aromatic heterocycles. The fraction of sp³-hybridized carbons (Fsp3) is 0.550. The highest BCUT2D eigenvalue weighted by Crippen LogP contribution is 2.36. The number of carbonyl (C=O) groups is 1. The van der Waals surface area contributed by atoms with Gasteiger partial charge in [-0.1, -0.05) is 54.8 Å². The lowest BCUT2D eigenvalue weighted by molar-refractivity contribution is -0.134. The quantitative estimate of drug-likeness (QED) is 0.852. The van der Waals surface area contributed by atoms with Crippen LogP contribution in [0.15, 0.2) is 34.9 Å². The summed E-state index contributed by atoms with van der Waals surface area (Å²) in [5.74, 6) is 2.93. The minimum Gasteiger partial charge on any atom is -0.342 e. The molecule has 4 rings (SSSR count). The van der Waals surface area contributed by atoms with Crippen molar-refractivity contribution in [3.05, 3.63) is 36.2 Å². The molecule has 1 aromatic carbocycles. The van der Waals surface area contributed by atoms with Crippen LogP contribution in [0.1, 0.15) is 44.4 Å². The molecule has 2 aliphatic rings. The Hall–Kier alpha value is -2.17. The van der Waals surface area contributed by atoms with Gasteiger partial charge in [-0.25, -0.2) is 0 Å². The molecule has 0 bridgehead atoms. The van der Waals surface area contributed by atoms with Crippen LogP contribution in [-0.4, -0.2) is 34.0 Å². The first-order valence-electron chi connectivity index (χ1n) is 9.45. The maximum atomic E-state index is 12.6. The Kier molecular flexibility index (Phi) is 4.81. The minimum atomic E-state index is 0.225. The van der Waals surface area contributed by atoms with Crippen molar-refractivity contribution in [1.82, 2.24) is 15.0 Å². The average Bonchev–Trinajstić information content (AvgIpc) is 3.15. The number of piperidine rings is 1. The van der Waals surface area contributed by atoms with Crippen LogP contribution in [0.2, 0.25) is 0 Å². The number of fused-ring (bicyclic) bond motifs is 1. The summed E-state index contributed by atoms with van der Waals surface area (Å²) in [7, 11) is 0. The van der Waals surface area contributed by atoms with Gasteiger partial charge in [0.1, 0.15) is 0 Å². The first-order valence-corrected chi connectivity index (χ1v) is 9.45. The molecular weight excluding hydrogens is 314 g/mol. The van der Waals surface area contributed by atoms with E-state index >= 15 is 0 Å². The van der Waals surface area contributed by atoms with E-state index in [2.05, 4.69) is 15.0 Å². The van der Waals surface area contributed by atoms with E-state index < -0.39 is 0 Å². The fourth-order valence-electron chi connectivity index (χ4n) is 4.26. The van der Waals surface area contributed by atoms with Crippen molar-refractivity contribution in [1.29, 1.82) is 0 Å². The summed E-state index contributed by atoms with van der Waals surface area (Å²) in [6.45, 7) is 1.86. The second-order valence-electron chi connectivity index (χ2n) is 7.31. The van der Waals surface area contributed by atoms with Crippen molar-refractivity contribution in [2.24, 2.45) is 11.8 Å². The summed E-state index contributed by atoms with van der Waals surface area (Å²) in [5.41, 5.74) is 0.934. The van der Waals surface area contributed by atoms with Gasteiger partial charge in [0.05, 0.1) is 0 Å². The number of carbonyl (C=O) groups excluding carboxylic acids is 1. The topological polar surface area (TPSA) is 59.2 Å². The molecule has 0 N–H and O–H groups in total. The average molecular weight is 339 g/mol. The van der Waals surface area contributed by atoms with Crippen LogP contribution in [0.5, 0.6) is 0 Å². The third-order valence-corrected chi connectivity index (χ3v) is 5.70. The summed E-state index contributed by atoms with van der Waals surface area (Å²) in [4.78, 5) is 19.0. The van der Waals surface area contributed by atoms with Crippen LogP contribution in [0, 0.1) is 11.8 Å². The number of likely N-dealkylation sites (tertiary alicyclic amines) is 1. The summed E-state index contributed by atoms with van der Waals surface area (Å²) in [6, 6.07) is 9.76. The fourth-order valence-corrected chi connectivity index (χ4v) is 4.26. The predicted molar refractivity (Wildman–Crippen MR) is 94.7 cm³/mol. The smallest absolute Gasteiger partial charge is 0.227 e. The lowest BCUT2D eigenvalue weighted by Gasteiger charge is -2.41. The monoisotopic (exact) mass is 339 g/mol. The lowest BCUT2D eigenvalue weighted by Crippen LogP contribution is -2.44. The zero-order chi connectivity index (χ0) is 17.1. The van der Waals surface area contributed by atoms with Crippen molar-refractivity contribution in [2.45, 2.75) is 44.9 Å². The summed E-state index contributed by atoms with van der Waals surface area (Å²) in [5, 5.41) is 4.02. The molecule has 0 radical (unpaired) electrons. The van der Waals surface area contributed by atoms with E-state index in [0.717, 1.165) is 30.5 Å². The molecule has 5 heteroatoms. The van der Waals surface area contributed by atoms with Crippen LogP contribution in [-0.2, 0) is 11.2 Å². The van der Waals surface area contributed by atoms with E-state index in [0.29, 0.717) is 24.6 Å². The van der Waals surface area contributed by atoms with Crippen LogP contribution in [0.4, 0.5) is 0 Å². The molecule has 5 nitrogen and oxygen atoms in total. The van der Waals surface area contributed by atoms with Crippen LogP contribution in [0.25, 0.3) is 11.4 Å². The van der Waals surface area contributed by atoms with E-state index in [1.165, 1.54) is 32.1 Å². The molecule has 2 atom stereocenters. The van der Waals surface area contributed by atoms with Gasteiger partial charge in [0.15, 0.2) is 0 Å². The molecule has 1 aliphatic carbocycles. The zero-order valence-corrected chi connectivity index (χ0v) is 14.6. The lowest BCUT2D eigenvalue weighted by atomic mass is 9.75. The van der Waals surface area contributed by atoms with E-state index in [9.17, 15) is 4.79 Å². The number of amides is 1. The Balaban J connectivity index is 1.31. The Labute approximate surface area is 148 Å². The summed E-state index contributed by atoms with van der Waals surface area (Å²) >= 11 is 0. The molecule has 1 saturated carbocycles. The van der Waals surface area contributed by atoms with Crippen LogP contribution < -0.4 is 0 Å². The van der Waals surface area contributed by atoms with Crippen molar-refractivity contribution in [2.75, 3.05) is 13.1 Å². The van der Waals surface area contributed by atoms with Crippen molar-refractivity contribution < 1.29 is 9.32 Å². The number of benzene rings is 1. The number of hydrogen-bond acceptors (Lipinski definition) is 4. The highest BCUT2D eigenvalue weighted by molar-refractivity contribution is 5.76. The number of nitrogens with zero attached hydrogens (tertiary/aromatic N) is 3. The van der Waals surface area contributed by atoms with Gasteiger partial charge < -0.3 is 9.42 Å². The van der Waals surface area contributed by atoms with Crippen LogP contribution in [0.3, 0.4) is 0 Å². The van der Waals surface area contributed by atoms with Gasteiger partial charge in [0.25, 0.3) is 0 Å². The van der Waals surface area contributed by atoms with E-state index in [4.69, 9.17) is 4.52 Å². The number of rotatable bonds is 4. The van der Waals surface area contributed by atoms with Crippen LogP contribution >= 0.6 is 0 Å². The van der Waals surface area contributed by atoms with Crippen molar-refractivity contribution in [3.8, 4) is 11.4 Å². The Bertz CT molecular complexity index is 713. The summed E-state index contributed by atoms with van der Waals surface area (Å²) < 4.78 is 5.31. The second kappa shape index (κ2) is 7.38. The van der Waals surface area contributed by atoms with E-state index in [1.54, 1.807) is 0 Å². The number of hydrogen-bond donors (Lipinski definition) is 0. The first kappa shape index (κ1) is 16.3. The molecule has 2 aromatic rings. The highest BCUT2D eigenvalue weighted by atomic mass is 16.5. The molecule has 1 aliphatic heterocycles. The SMILES string of the molecule is O=C(CCc1nc(-c2ccccc2)no1)N1CC[C@@H]2CCCC[C@H]2C1. The van der Waals surface area contributed by atoms with Gasteiger partial charge in [0, 0.05) is 31.5 Å².